The van der Waals surface area contributed by atoms with Gasteiger partial charge in [0.1, 0.15) is 0 Å². The van der Waals surface area contributed by atoms with Gasteiger partial charge < -0.3 is 5.32 Å². The Morgan fingerprint density at radius 2 is 2.24 bits per heavy atom. The zero-order valence-corrected chi connectivity index (χ0v) is 13.0. The van der Waals surface area contributed by atoms with Gasteiger partial charge in [0.15, 0.2) is 5.17 Å². The number of hydrogen-bond donors (Lipinski definition) is 1. The average molecular weight is 370 g/mol. The first kappa shape index (κ1) is 15.4. The smallest absolute Gasteiger partial charge is 0.286 e. The third-order valence-corrected chi connectivity index (χ3v) is 3.94. The number of amidine groups is 1. The summed E-state index contributed by atoms with van der Waals surface area (Å²) in [6, 6.07) is 4.51. The predicted molar refractivity (Wildman–Crippen MR) is 82.6 cm³/mol. The van der Waals surface area contributed by atoms with Gasteiger partial charge in [0, 0.05) is 13.0 Å². The van der Waals surface area contributed by atoms with E-state index in [1.54, 1.807) is 6.07 Å². The van der Waals surface area contributed by atoms with Crippen molar-refractivity contribution in [3.63, 3.8) is 0 Å². The van der Waals surface area contributed by atoms with Crippen molar-refractivity contribution in [1.82, 2.24) is 5.32 Å². The first-order chi connectivity index (χ1) is 9.86. The molecule has 1 aromatic carbocycles. The number of carbonyl (C=O) groups excluding carboxylic acids is 2. The molecule has 0 unspecified atom stereocenters. The molecule has 0 atom stereocenters. The van der Waals surface area contributed by atoms with E-state index in [-0.39, 0.29) is 21.7 Å². The first-order valence-corrected chi connectivity index (χ1v) is 7.22. The van der Waals surface area contributed by atoms with Crippen LogP contribution in [0, 0.1) is 10.1 Å². The van der Waals surface area contributed by atoms with Gasteiger partial charge in [0.05, 0.1) is 14.3 Å². The number of aliphatic imine (C=N–C) groups is 1. The van der Waals surface area contributed by atoms with Crippen molar-refractivity contribution in [3.8, 4) is 0 Å². The number of amides is 2. The van der Waals surface area contributed by atoms with Gasteiger partial charge in [-0.1, -0.05) is 6.07 Å². The molecule has 2 rings (SSSR count). The standard InChI is InChI=1S/C12H8BrN3O4S/c1-6(17)14-12-15-11(18)10(21-12)5-7-2-3-8(13)9(4-7)16(19)20/h2-5H,1H3,(H,14,15,17,18). The normalized spacial score (nSPS) is 16.0. The second-order valence-electron chi connectivity index (χ2n) is 3.98. The Morgan fingerprint density at radius 1 is 1.52 bits per heavy atom. The van der Waals surface area contributed by atoms with Gasteiger partial charge in [-0.2, -0.15) is 4.99 Å². The topological polar surface area (TPSA) is 102 Å². The maximum Gasteiger partial charge on any atom is 0.286 e. The molecule has 0 saturated carbocycles. The van der Waals surface area contributed by atoms with Gasteiger partial charge in [-0.3, -0.25) is 19.7 Å². The van der Waals surface area contributed by atoms with Crippen molar-refractivity contribution in [3.05, 3.63) is 43.3 Å². The van der Waals surface area contributed by atoms with Crippen LogP contribution in [-0.4, -0.2) is 21.9 Å². The lowest BCUT2D eigenvalue weighted by molar-refractivity contribution is -0.385. The number of nitrogens with zero attached hydrogens (tertiary/aromatic N) is 2. The molecule has 1 heterocycles. The number of nitro benzene ring substituents is 1. The van der Waals surface area contributed by atoms with Crippen molar-refractivity contribution in [1.29, 1.82) is 0 Å². The summed E-state index contributed by atoms with van der Waals surface area (Å²) >= 11 is 4.10. The summed E-state index contributed by atoms with van der Waals surface area (Å²) < 4.78 is 0.357. The van der Waals surface area contributed by atoms with Crippen LogP contribution >= 0.6 is 27.7 Å². The Balaban J connectivity index is 2.26. The fourth-order valence-electron chi connectivity index (χ4n) is 1.52. The van der Waals surface area contributed by atoms with Gasteiger partial charge in [-0.25, -0.2) is 0 Å². The molecule has 1 N–H and O–H groups in total. The number of benzene rings is 1. The van der Waals surface area contributed by atoms with E-state index >= 15 is 0 Å². The molecule has 21 heavy (non-hydrogen) atoms. The lowest BCUT2D eigenvalue weighted by Gasteiger charge is -2.00. The van der Waals surface area contributed by atoms with E-state index in [1.165, 1.54) is 25.1 Å². The Bertz CT molecular complexity index is 714. The monoisotopic (exact) mass is 369 g/mol. The molecular formula is C12H8BrN3O4S. The summed E-state index contributed by atoms with van der Waals surface area (Å²) in [5.74, 6) is -0.816. The van der Waals surface area contributed by atoms with Crippen LogP contribution in [-0.2, 0) is 9.59 Å². The van der Waals surface area contributed by atoms with E-state index in [0.29, 0.717) is 10.0 Å². The molecule has 1 aliphatic rings. The summed E-state index contributed by atoms with van der Waals surface area (Å²) in [6.07, 6.45) is 1.49. The number of rotatable bonds is 2. The summed E-state index contributed by atoms with van der Waals surface area (Å²) in [4.78, 5) is 36.9. The van der Waals surface area contributed by atoms with Crippen LogP contribution in [0.4, 0.5) is 5.69 Å². The number of thioether (sulfide) groups is 1. The van der Waals surface area contributed by atoms with E-state index < -0.39 is 10.8 Å². The van der Waals surface area contributed by atoms with Crippen molar-refractivity contribution in [2.45, 2.75) is 6.92 Å². The van der Waals surface area contributed by atoms with Crippen LogP contribution in [0.15, 0.2) is 32.6 Å². The van der Waals surface area contributed by atoms with Gasteiger partial charge in [-0.05, 0) is 45.4 Å². The summed E-state index contributed by atoms with van der Waals surface area (Å²) in [6.45, 7) is 1.31. The van der Waals surface area contributed by atoms with Gasteiger partial charge in [0.25, 0.3) is 11.6 Å². The highest BCUT2D eigenvalue weighted by Crippen LogP contribution is 2.30. The van der Waals surface area contributed by atoms with E-state index in [9.17, 15) is 19.7 Å². The van der Waals surface area contributed by atoms with Gasteiger partial charge >= 0.3 is 0 Å². The van der Waals surface area contributed by atoms with Crippen molar-refractivity contribution < 1.29 is 14.5 Å². The Kier molecular flexibility index (Phi) is 4.53. The largest absolute Gasteiger partial charge is 0.305 e. The molecule has 0 saturated heterocycles. The minimum Gasteiger partial charge on any atom is -0.305 e. The Labute approximate surface area is 131 Å². The second kappa shape index (κ2) is 6.19. The minimum atomic E-state index is -0.519. The van der Waals surface area contributed by atoms with E-state index in [2.05, 4.69) is 26.2 Å². The Morgan fingerprint density at radius 3 is 2.86 bits per heavy atom. The number of nitrogens with one attached hydrogen (secondary N) is 1. The van der Waals surface area contributed by atoms with E-state index in [4.69, 9.17) is 0 Å². The van der Waals surface area contributed by atoms with Crippen molar-refractivity contribution in [2.75, 3.05) is 0 Å². The third-order valence-electron chi connectivity index (χ3n) is 2.37. The average Bonchev–Trinajstić information content (AvgIpc) is 2.70. The van der Waals surface area contributed by atoms with Gasteiger partial charge in [0.2, 0.25) is 5.91 Å². The zero-order valence-electron chi connectivity index (χ0n) is 10.6. The van der Waals surface area contributed by atoms with Crippen LogP contribution in [0.3, 0.4) is 0 Å². The van der Waals surface area contributed by atoms with Crippen molar-refractivity contribution in [2.24, 2.45) is 4.99 Å². The first-order valence-electron chi connectivity index (χ1n) is 5.61. The fourth-order valence-corrected chi connectivity index (χ4v) is 2.77. The molecule has 2 amide bonds. The minimum absolute atomic E-state index is 0.0946. The molecule has 0 aromatic heterocycles. The molecule has 1 aliphatic heterocycles. The number of carbonyl (C=O) groups is 2. The van der Waals surface area contributed by atoms with Crippen LogP contribution < -0.4 is 5.32 Å². The summed E-state index contributed by atoms with van der Waals surface area (Å²) in [5, 5.41) is 13.5. The van der Waals surface area contributed by atoms with Gasteiger partial charge in [-0.15, -0.1) is 0 Å². The third kappa shape index (κ3) is 3.76. The van der Waals surface area contributed by atoms with E-state index in [0.717, 1.165) is 11.8 Å². The lowest BCUT2D eigenvalue weighted by atomic mass is 10.2. The molecule has 0 spiro atoms. The number of hydrogen-bond acceptors (Lipinski definition) is 5. The molecule has 7 nitrogen and oxygen atoms in total. The highest BCUT2D eigenvalue weighted by Gasteiger charge is 2.23. The number of halogens is 1. The highest BCUT2D eigenvalue weighted by atomic mass is 79.9. The molecule has 0 aliphatic carbocycles. The molecule has 1 aromatic rings. The second-order valence-corrected chi connectivity index (χ2v) is 5.87. The zero-order chi connectivity index (χ0) is 15.6. The predicted octanol–water partition coefficient (Wildman–Crippen LogP) is 2.46. The highest BCUT2D eigenvalue weighted by molar-refractivity contribution is 9.10. The van der Waals surface area contributed by atoms with Crippen LogP contribution in [0.2, 0.25) is 0 Å². The molecule has 0 radical (unpaired) electrons. The molecular weight excluding hydrogens is 362 g/mol. The molecule has 0 bridgehead atoms. The Hall–Kier alpha value is -2.00. The maximum absolute atomic E-state index is 11.7. The van der Waals surface area contributed by atoms with E-state index in [1.807, 2.05) is 0 Å². The van der Waals surface area contributed by atoms with Crippen LogP contribution in [0.5, 0.6) is 0 Å². The molecule has 108 valence electrons. The SMILES string of the molecule is CC(=O)NC1=NC(=O)C(=Cc2ccc(Br)c([N+](=O)[O-])c2)S1. The molecule has 0 fully saturated rings. The summed E-state index contributed by atoms with van der Waals surface area (Å²) in [7, 11) is 0. The fraction of sp³-hybridized carbons (Fsp3) is 0.0833. The maximum atomic E-state index is 11.7. The van der Waals surface area contributed by atoms with Crippen LogP contribution in [0.25, 0.3) is 6.08 Å². The summed E-state index contributed by atoms with van der Waals surface area (Å²) in [5.41, 5.74) is 0.405. The lowest BCUT2D eigenvalue weighted by Crippen LogP contribution is -2.23. The quantitative estimate of drug-likeness (QED) is 0.490. The molecule has 9 heteroatoms. The van der Waals surface area contributed by atoms with Crippen molar-refractivity contribution >= 4 is 56.4 Å². The number of nitro groups is 1. The van der Waals surface area contributed by atoms with Crippen LogP contribution in [0.1, 0.15) is 12.5 Å².